The molecule has 0 aromatic heterocycles. The number of thioether (sulfide) groups is 1. The summed E-state index contributed by atoms with van der Waals surface area (Å²) in [5, 5.41) is 3.29. The summed E-state index contributed by atoms with van der Waals surface area (Å²) in [4.78, 5) is 34.0. The van der Waals surface area contributed by atoms with Crippen LogP contribution in [0.15, 0.2) is 51.6 Å². The van der Waals surface area contributed by atoms with Gasteiger partial charge in [0, 0.05) is 23.8 Å². The average molecular weight is 432 g/mol. The van der Waals surface area contributed by atoms with Crippen molar-refractivity contribution in [2.45, 2.75) is 32.2 Å². The average Bonchev–Trinajstić information content (AvgIpc) is 3.37. The molecule has 0 bridgehead atoms. The third-order valence-corrected chi connectivity index (χ3v) is 6.49. The Morgan fingerprint density at radius 1 is 1.31 bits per heavy atom. The lowest BCUT2D eigenvalue weighted by molar-refractivity contribution is -0.136. The first-order valence-electron chi connectivity index (χ1n) is 9.55. The van der Waals surface area contributed by atoms with Gasteiger partial charge in [-0.3, -0.25) is 4.79 Å². The normalized spacial score (nSPS) is 21.1. The number of ether oxygens (including phenoxy) is 1. The first-order chi connectivity index (χ1) is 14.0. The largest absolute Gasteiger partial charge is 0.466 e. The number of aliphatic imine (C=N–C) groups is 1. The fraction of sp³-hybridized carbons (Fsp3) is 0.381. The molecule has 1 atom stereocenters. The Morgan fingerprint density at radius 2 is 2.07 bits per heavy atom. The fourth-order valence-corrected chi connectivity index (χ4v) is 5.13. The van der Waals surface area contributed by atoms with Crippen LogP contribution in [-0.2, 0) is 14.3 Å². The second-order valence-electron chi connectivity index (χ2n) is 7.20. The Morgan fingerprint density at radius 3 is 2.76 bits per heavy atom. The van der Waals surface area contributed by atoms with Crippen molar-refractivity contribution < 1.29 is 14.3 Å². The molecule has 0 N–H and O–H groups in total. The van der Waals surface area contributed by atoms with E-state index in [9.17, 15) is 9.59 Å². The summed E-state index contributed by atoms with van der Waals surface area (Å²) in [5.41, 5.74) is 2.76. The van der Waals surface area contributed by atoms with Gasteiger partial charge in [-0.1, -0.05) is 35.5 Å². The van der Waals surface area contributed by atoms with E-state index in [0.29, 0.717) is 16.3 Å². The number of hydrogen-bond acceptors (Lipinski definition) is 6. The molecular weight excluding hydrogens is 410 g/mol. The summed E-state index contributed by atoms with van der Waals surface area (Å²) in [5.74, 6) is -0.330. The third kappa shape index (κ3) is 3.81. The number of rotatable bonds is 4. The van der Waals surface area contributed by atoms with Crippen LogP contribution in [0.5, 0.6) is 0 Å². The smallest absolute Gasteiger partial charge is 0.338 e. The number of likely N-dealkylation sites (tertiary alicyclic amines) is 1. The van der Waals surface area contributed by atoms with Gasteiger partial charge >= 0.3 is 5.97 Å². The van der Waals surface area contributed by atoms with Gasteiger partial charge in [-0.25, -0.2) is 9.79 Å². The van der Waals surface area contributed by atoms with E-state index in [2.05, 4.69) is 4.99 Å². The van der Waals surface area contributed by atoms with Crippen LogP contribution in [0, 0.1) is 0 Å². The summed E-state index contributed by atoms with van der Waals surface area (Å²) in [7, 11) is 1.36. The zero-order valence-corrected chi connectivity index (χ0v) is 17.9. The highest BCUT2D eigenvalue weighted by Crippen LogP contribution is 2.45. The van der Waals surface area contributed by atoms with Crippen LogP contribution in [0.1, 0.15) is 37.8 Å². The highest BCUT2D eigenvalue weighted by Gasteiger charge is 2.41. The molecule has 0 spiro atoms. The number of amidine groups is 1. The standard InChI is InChI=1S/C21H22ClN3O3S/c1-13-18(20(27)28-2)19(14-6-5-7-15(22)10-14)25-16(12-29-21(25)23-13)11-17(26)24-8-3-4-9-24/h5-7,10,12,19H,3-4,8-9,11H2,1-2H3. The van der Waals surface area contributed by atoms with Crippen LogP contribution in [0.25, 0.3) is 0 Å². The van der Waals surface area contributed by atoms with Gasteiger partial charge in [0.25, 0.3) is 0 Å². The van der Waals surface area contributed by atoms with Crippen molar-refractivity contribution in [1.29, 1.82) is 0 Å². The Hall–Kier alpha value is -2.25. The number of amides is 1. The van der Waals surface area contributed by atoms with Gasteiger partial charge in [0.05, 0.1) is 30.8 Å². The maximum absolute atomic E-state index is 12.8. The SMILES string of the molecule is COC(=O)C1=C(C)N=C2SC=C(CC(=O)N3CCCC3)N2C1c1cccc(Cl)c1. The predicted molar refractivity (Wildman–Crippen MR) is 114 cm³/mol. The number of carbonyl (C=O) groups is 2. The molecule has 4 rings (SSSR count). The minimum absolute atomic E-state index is 0.103. The van der Waals surface area contributed by atoms with Crippen LogP contribution >= 0.6 is 23.4 Å². The molecule has 1 unspecified atom stereocenters. The monoisotopic (exact) mass is 431 g/mol. The van der Waals surface area contributed by atoms with Crippen molar-refractivity contribution >= 4 is 40.4 Å². The predicted octanol–water partition coefficient (Wildman–Crippen LogP) is 4.10. The van der Waals surface area contributed by atoms with E-state index in [-0.39, 0.29) is 12.3 Å². The number of carbonyl (C=O) groups excluding carboxylic acids is 2. The molecule has 6 nitrogen and oxygen atoms in total. The second-order valence-corrected chi connectivity index (χ2v) is 8.48. The molecular formula is C21H22ClN3O3S. The lowest BCUT2D eigenvalue weighted by Crippen LogP contribution is -2.38. The highest BCUT2D eigenvalue weighted by atomic mass is 35.5. The van der Waals surface area contributed by atoms with Crippen LogP contribution in [-0.4, -0.2) is 47.0 Å². The number of esters is 1. The molecule has 1 aromatic rings. The van der Waals surface area contributed by atoms with E-state index in [1.807, 2.05) is 40.3 Å². The Bertz CT molecular complexity index is 950. The number of hydrogen-bond donors (Lipinski definition) is 0. The molecule has 0 saturated carbocycles. The summed E-state index contributed by atoms with van der Waals surface area (Å²) >= 11 is 7.72. The molecule has 1 amide bonds. The van der Waals surface area contributed by atoms with Gasteiger partial charge in [-0.2, -0.15) is 0 Å². The van der Waals surface area contributed by atoms with Crippen molar-refractivity contribution in [2.24, 2.45) is 4.99 Å². The van der Waals surface area contributed by atoms with Gasteiger partial charge in [-0.05, 0) is 42.9 Å². The van der Waals surface area contributed by atoms with E-state index in [1.54, 1.807) is 6.07 Å². The number of allylic oxidation sites excluding steroid dienone is 1. The van der Waals surface area contributed by atoms with E-state index >= 15 is 0 Å². The molecule has 152 valence electrons. The van der Waals surface area contributed by atoms with Crippen LogP contribution in [0.4, 0.5) is 0 Å². The quantitative estimate of drug-likeness (QED) is 0.671. The molecule has 1 saturated heterocycles. The first-order valence-corrected chi connectivity index (χ1v) is 10.8. The Balaban J connectivity index is 1.72. The van der Waals surface area contributed by atoms with Gasteiger partial charge < -0.3 is 14.5 Å². The van der Waals surface area contributed by atoms with E-state index in [1.165, 1.54) is 18.9 Å². The first kappa shape index (κ1) is 20.0. The second kappa shape index (κ2) is 8.24. The van der Waals surface area contributed by atoms with Gasteiger partial charge in [-0.15, -0.1) is 0 Å². The number of methoxy groups -OCH3 is 1. The number of halogens is 1. The van der Waals surface area contributed by atoms with Crippen LogP contribution in [0.3, 0.4) is 0 Å². The van der Waals surface area contributed by atoms with Crippen molar-refractivity contribution in [3.05, 3.63) is 57.2 Å². The van der Waals surface area contributed by atoms with Crippen molar-refractivity contribution in [3.8, 4) is 0 Å². The number of fused-ring (bicyclic) bond motifs is 1. The van der Waals surface area contributed by atoms with Crippen LogP contribution in [0.2, 0.25) is 5.02 Å². The third-order valence-electron chi connectivity index (χ3n) is 5.36. The summed E-state index contributed by atoms with van der Waals surface area (Å²) in [6.07, 6.45) is 2.38. The van der Waals surface area contributed by atoms with Crippen molar-refractivity contribution in [1.82, 2.24) is 9.80 Å². The molecule has 0 radical (unpaired) electrons. The fourth-order valence-electron chi connectivity index (χ4n) is 3.97. The zero-order valence-electron chi connectivity index (χ0n) is 16.4. The lowest BCUT2D eigenvalue weighted by Gasteiger charge is -2.36. The minimum Gasteiger partial charge on any atom is -0.466 e. The molecule has 8 heteroatoms. The van der Waals surface area contributed by atoms with E-state index in [4.69, 9.17) is 16.3 Å². The summed E-state index contributed by atoms with van der Waals surface area (Å²) in [6.45, 7) is 3.43. The topological polar surface area (TPSA) is 62.2 Å². The summed E-state index contributed by atoms with van der Waals surface area (Å²) < 4.78 is 5.06. The van der Waals surface area contributed by atoms with Crippen LogP contribution < -0.4 is 0 Å². The number of benzene rings is 1. The lowest BCUT2D eigenvalue weighted by atomic mass is 9.94. The van der Waals surface area contributed by atoms with Gasteiger partial charge in [0.2, 0.25) is 5.91 Å². The van der Waals surface area contributed by atoms with Gasteiger partial charge in [0.15, 0.2) is 5.17 Å². The van der Waals surface area contributed by atoms with Gasteiger partial charge in [0.1, 0.15) is 0 Å². The van der Waals surface area contributed by atoms with E-state index in [0.717, 1.165) is 42.4 Å². The van der Waals surface area contributed by atoms with E-state index < -0.39 is 12.0 Å². The van der Waals surface area contributed by atoms with Crippen molar-refractivity contribution in [3.63, 3.8) is 0 Å². The Kier molecular flexibility index (Phi) is 5.69. The molecule has 1 aromatic carbocycles. The maximum atomic E-state index is 12.8. The molecule has 3 aliphatic rings. The minimum atomic E-state index is -0.443. The highest BCUT2D eigenvalue weighted by molar-refractivity contribution is 8.16. The molecule has 0 aliphatic carbocycles. The summed E-state index contributed by atoms with van der Waals surface area (Å²) in [6, 6.07) is 6.98. The Labute approximate surface area is 179 Å². The van der Waals surface area contributed by atoms with Crippen molar-refractivity contribution in [2.75, 3.05) is 20.2 Å². The number of nitrogens with zero attached hydrogens (tertiary/aromatic N) is 3. The molecule has 29 heavy (non-hydrogen) atoms. The molecule has 3 aliphatic heterocycles. The maximum Gasteiger partial charge on any atom is 0.338 e. The molecule has 1 fully saturated rings. The molecule has 3 heterocycles. The zero-order chi connectivity index (χ0) is 20.5.